The lowest BCUT2D eigenvalue weighted by Gasteiger charge is -2.36. The van der Waals surface area contributed by atoms with Crippen LogP contribution in [0, 0.1) is 5.82 Å². The van der Waals surface area contributed by atoms with E-state index < -0.39 is 0 Å². The fourth-order valence-corrected chi connectivity index (χ4v) is 2.93. The number of ether oxygens (including phenoxy) is 1. The van der Waals surface area contributed by atoms with Crippen molar-refractivity contribution in [1.29, 1.82) is 0 Å². The molecule has 0 saturated carbocycles. The Kier molecular flexibility index (Phi) is 10.8. The molecule has 0 aliphatic carbocycles. The van der Waals surface area contributed by atoms with E-state index in [4.69, 9.17) is 4.74 Å². The number of nitrogens with one attached hydrogen (secondary N) is 2. The molecule has 1 fully saturated rings. The van der Waals surface area contributed by atoms with Crippen molar-refractivity contribution in [3.8, 4) is 0 Å². The van der Waals surface area contributed by atoms with E-state index in [-0.39, 0.29) is 35.8 Å². The van der Waals surface area contributed by atoms with Gasteiger partial charge in [-0.25, -0.2) is 4.39 Å². The van der Waals surface area contributed by atoms with Gasteiger partial charge in [0.1, 0.15) is 5.82 Å². The largest absolute Gasteiger partial charge is 0.383 e. The van der Waals surface area contributed by atoms with E-state index in [2.05, 4.69) is 32.3 Å². The lowest BCUT2D eigenvalue weighted by atomic mass is 10.2. The van der Waals surface area contributed by atoms with E-state index in [9.17, 15) is 4.39 Å². The number of halogens is 2. The van der Waals surface area contributed by atoms with Crippen LogP contribution in [0.2, 0.25) is 0 Å². The van der Waals surface area contributed by atoms with Gasteiger partial charge in [0.2, 0.25) is 0 Å². The maximum absolute atomic E-state index is 13.0. The Morgan fingerprint density at radius 3 is 2.46 bits per heavy atom. The van der Waals surface area contributed by atoms with Gasteiger partial charge in [-0.15, -0.1) is 24.0 Å². The van der Waals surface area contributed by atoms with E-state index in [0.29, 0.717) is 6.61 Å². The number of guanidine groups is 1. The molecule has 2 N–H and O–H groups in total. The van der Waals surface area contributed by atoms with Crippen LogP contribution >= 0.6 is 24.0 Å². The number of aliphatic imine (C=N–C) groups is 1. The van der Waals surface area contributed by atoms with Crippen molar-refractivity contribution < 1.29 is 9.13 Å². The van der Waals surface area contributed by atoms with Gasteiger partial charge in [0.05, 0.1) is 6.61 Å². The van der Waals surface area contributed by atoms with E-state index in [0.717, 1.165) is 50.9 Å². The number of benzene rings is 1. The molecular weight excluding hydrogens is 448 g/mol. The van der Waals surface area contributed by atoms with Gasteiger partial charge in [0, 0.05) is 65.2 Å². The molecule has 1 aliphatic rings. The van der Waals surface area contributed by atoms with Crippen LogP contribution in [0.5, 0.6) is 0 Å². The molecule has 1 aromatic rings. The first kappa shape index (κ1) is 22.9. The summed E-state index contributed by atoms with van der Waals surface area (Å²) in [5.41, 5.74) is 1.09. The highest BCUT2D eigenvalue weighted by atomic mass is 127. The Labute approximate surface area is 173 Å². The summed E-state index contributed by atoms with van der Waals surface area (Å²) in [6.45, 7) is 8.45. The molecule has 1 heterocycles. The van der Waals surface area contributed by atoms with Crippen LogP contribution in [0.1, 0.15) is 6.92 Å². The molecule has 0 amide bonds. The molecule has 0 bridgehead atoms. The van der Waals surface area contributed by atoms with Gasteiger partial charge >= 0.3 is 0 Å². The van der Waals surface area contributed by atoms with E-state index in [1.807, 2.05) is 12.1 Å². The second-order valence-corrected chi connectivity index (χ2v) is 6.30. The second-order valence-electron chi connectivity index (χ2n) is 6.30. The summed E-state index contributed by atoms with van der Waals surface area (Å²) in [5.74, 6) is 0.616. The number of piperazine rings is 1. The first-order valence-corrected chi connectivity index (χ1v) is 8.81. The quantitative estimate of drug-likeness (QED) is 0.355. The first-order chi connectivity index (χ1) is 12.1. The Morgan fingerprint density at radius 1 is 1.23 bits per heavy atom. The minimum Gasteiger partial charge on any atom is -0.383 e. The summed E-state index contributed by atoms with van der Waals surface area (Å²) < 4.78 is 18.1. The number of methoxy groups -OCH3 is 1. The summed E-state index contributed by atoms with van der Waals surface area (Å²) >= 11 is 0. The van der Waals surface area contributed by atoms with Gasteiger partial charge in [-0.2, -0.15) is 0 Å². The zero-order valence-corrected chi connectivity index (χ0v) is 18.2. The fraction of sp³-hybridized carbons (Fsp3) is 0.611. The van der Waals surface area contributed by atoms with E-state index >= 15 is 0 Å². The minimum atomic E-state index is -0.185. The lowest BCUT2D eigenvalue weighted by Crippen LogP contribution is -2.50. The summed E-state index contributed by atoms with van der Waals surface area (Å²) in [6, 6.07) is 6.96. The van der Waals surface area contributed by atoms with Gasteiger partial charge in [-0.3, -0.25) is 9.89 Å². The minimum absolute atomic E-state index is 0. The van der Waals surface area contributed by atoms with Crippen molar-refractivity contribution in [2.24, 2.45) is 4.99 Å². The van der Waals surface area contributed by atoms with E-state index in [1.165, 1.54) is 12.1 Å². The van der Waals surface area contributed by atoms with Crippen LogP contribution in [0.3, 0.4) is 0 Å². The molecule has 1 saturated heterocycles. The van der Waals surface area contributed by atoms with Crippen molar-refractivity contribution in [2.45, 2.75) is 13.0 Å². The van der Waals surface area contributed by atoms with Crippen LogP contribution in [0.4, 0.5) is 10.1 Å². The molecule has 6 nitrogen and oxygen atoms in total. The summed E-state index contributed by atoms with van der Waals surface area (Å²) in [4.78, 5) is 8.96. The van der Waals surface area contributed by atoms with Crippen molar-refractivity contribution in [1.82, 2.24) is 15.5 Å². The molecule has 26 heavy (non-hydrogen) atoms. The molecule has 1 aliphatic heterocycles. The monoisotopic (exact) mass is 479 g/mol. The Bertz CT molecular complexity index is 535. The highest BCUT2D eigenvalue weighted by Crippen LogP contribution is 2.16. The van der Waals surface area contributed by atoms with Crippen LogP contribution in [0.15, 0.2) is 29.3 Å². The van der Waals surface area contributed by atoms with Gasteiger partial charge in [-0.05, 0) is 31.2 Å². The first-order valence-electron chi connectivity index (χ1n) is 8.81. The number of hydrogen-bond acceptors (Lipinski definition) is 4. The second kappa shape index (κ2) is 12.3. The number of nitrogens with zero attached hydrogens (tertiary/aromatic N) is 3. The van der Waals surface area contributed by atoms with Crippen molar-refractivity contribution in [2.75, 3.05) is 64.9 Å². The molecule has 0 aromatic heterocycles. The summed E-state index contributed by atoms with van der Waals surface area (Å²) in [6.07, 6.45) is 0. The molecule has 0 radical (unpaired) electrons. The zero-order chi connectivity index (χ0) is 18.1. The van der Waals surface area contributed by atoms with Crippen LogP contribution in [-0.2, 0) is 4.74 Å². The number of rotatable bonds is 7. The highest BCUT2D eigenvalue weighted by Gasteiger charge is 2.17. The average molecular weight is 479 g/mol. The normalized spacial score (nSPS) is 16.8. The molecule has 1 atom stereocenters. The molecule has 1 unspecified atom stereocenters. The van der Waals surface area contributed by atoms with Gasteiger partial charge in [-0.1, -0.05) is 0 Å². The number of hydrogen-bond donors (Lipinski definition) is 2. The zero-order valence-electron chi connectivity index (χ0n) is 15.9. The van der Waals surface area contributed by atoms with Gasteiger partial charge < -0.3 is 20.3 Å². The predicted octanol–water partition coefficient (Wildman–Crippen LogP) is 1.77. The SMILES string of the molecule is CN=C(NCCN1CCN(c2ccc(F)cc2)CC1)NC(C)COC.I. The lowest BCUT2D eigenvalue weighted by molar-refractivity contribution is 0.179. The predicted molar refractivity (Wildman–Crippen MR) is 116 cm³/mol. The summed E-state index contributed by atoms with van der Waals surface area (Å²) in [7, 11) is 3.47. The molecule has 148 valence electrons. The third kappa shape index (κ3) is 7.63. The van der Waals surface area contributed by atoms with E-state index in [1.54, 1.807) is 14.2 Å². The van der Waals surface area contributed by atoms with Gasteiger partial charge in [0.15, 0.2) is 5.96 Å². The smallest absolute Gasteiger partial charge is 0.191 e. The third-order valence-corrected chi connectivity index (χ3v) is 4.31. The van der Waals surface area contributed by atoms with Crippen molar-refractivity contribution in [3.05, 3.63) is 30.1 Å². The van der Waals surface area contributed by atoms with Crippen LogP contribution in [0.25, 0.3) is 0 Å². The molecule has 1 aromatic carbocycles. The van der Waals surface area contributed by atoms with Crippen molar-refractivity contribution in [3.63, 3.8) is 0 Å². The maximum Gasteiger partial charge on any atom is 0.191 e. The molecular formula is C18H31FIN5O. The Balaban J connectivity index is 0.00000338. The standard InChI is InChI=1S/C18H30FN5O.HI/c1-15(14-25-3)22-18(20-2)21-8-9-23-10-12-24(13-11-23)17-6-4-16(19)5-7-17;/h4-7,15H,8-14H2,1-3H3,(H2,20,21,22);1H. The summed E-state index contributed by atoms with van der Waals surface area (Å²) in [5, 5.41) is 6.64. The maximum atomic E-state index is 13.0. The van der Waals surface area contributed by atoms with Crippen LogP contribution in [-0.4, -0.2) is 76.9 Å². The van der Waals surface area contributed by atoms with Crippen molar-refractivity contribution >= 4 is 35.6 Å². The molecule has 2 rings (SSSR count). The Hall–Kier alpha value is -1.13. The fourth-order valence-electron chi connectivity index (χ4n) is 2.93. The molecule has 0 spiro atoms. The number of anilines is 1. The topological polar surface area (TPSA) is 52.1 Å². The van der Waals surface area contributed by atoms with Gasteiger partial charge in [0.25, 0.3) is 0 Å². The highest BCUT2D eigenvalue weighted by molar-refractivity contribution is 14.0. The third-order valence-electron chi connectivity index (χ3n) is 4.31. The Morgan fingerprint density at radius 2 is 1.88 bits per heavy atom. The average Bonchev–Trinajstić information content (AvgIpc) is 2.62. The van der Waals surface area contributed by atoms with Crippen LogP contribution < -0.4 is 15.5 Å². The molecule has 8 heteroatoms.